The first-order chi connectivity index (χ1) is 20.4. The van der Waals surface area contributed by atoms with Gasteiger partial charge >= 0.3 is 0 Å². The molecule has 0 bridgehead atoms. The molecule has 1 fully saturated rings. The smallest absolute Gasteiger partial charge is 0.159 e. The lowest BCUT2D eigenvalue weighted by Crippen LogP contribution is -2.21. The summed E-state index contributed by atoms with van der Waals surface area (Å²) in [5.74, 6) is 0.972. The van der Waals surface area contributed by atoms with Crippen molar-refractivity contribution in [1.29, 1.82) is 0 Å². The zero-order valence-electron chi connectivity index (χ0n) is 23.8. The standard InChI is InChI=1S/C34H34FN7/c1-21(26-18-28(20-36-19-26)38-22(2)16-24-8-5-4-6-9-24)12-13-29-23(3)31(42-41-29)34-39-30-14-15-37-32(33(30)40-34)25-10-7-11-27(35)17-25/h7,10-15,17-20,24,38,41H,2-6,8-9,16H2,1H3,(H,39,40)/b21-12+,29-13+. The van der Waals surface area contributed by atoms with Crippen LogP contribution in [0.4, 0.5) is 10.1 Å². The summed E-state index contributed by atoms with van der Waals surface area (Å²) in [7, 11) is 0. The Morgan fingerprint density at radius 2 is 1.98 bits per heavy atom. The van der Waals surface area contributed by atoms with E-state index in [4.69, 9.17) is 4.98 Å². The highest BCUT2D eigenvalue weighted by atomic mass is 19.1. The summed E-state index contributed by atoms with van der Waals surface area (Å²) in [4.78, 5) is 17.0. The van der Waals surface area contributed by atoms with Crippen LogP contribution in [-0.2, 0) is 0 Å². The van der Waals surface area contributed by atoms with E-state index in [0.717, 1.165) is 45.7 Å². The molecule has 6 rings (SSSR count). The van der Waals surface area contributed by atoms with Crippen LogP contribution in [0.5, 0.6) is 0 Å². The van der Waals surface area contributed by atoms with Gasteiger partial charge in [0, 0.05) is 28.9 Å². The number of hydrogen-bond donors (Lipinski definition) is 3. The van der Waals surface area contributed by atoms with E-state index in [9.17, 15) is 4.39 Å². The summed E-state index contributed by atoms with van der Waals surface area (Å²) >= 11 is 0. The molecule has 0 atom stereocenters. The Hall–Kier alpha value is -4.85. The third kappa shape index (κ3) is 5.93. The van der Waals surface area contributed by atoms with Crippen LogP contribution in [0.2, 0.25) is 0 Å². The average Bonchev–Trinajstić information content (AvgIpc) is 3.59. The van der Waals surface area contributed by atoms with Crippen LogP contribution in [0.15, 0.2) is 73.3 Å². The number of anilines is 1. The number of nitrogens with zero attached hydrogens (tertiary/aromatic N) is 4. The molecule has 42 heavy (non-hydrogen) atoms. The molecule has 212 valence electrons. The Balaban J connectivity index is 1.22. The Morgan fingerprint density at radius 3 is 2.81 bits per heavy atom. The van der Waals surface area contributed by atoms with Gasteiger partial charge in [0.1, 0.15) is 17.0 Å². The molecule has 5 aromatic rings. The minimum absolute atomic E-state index is 0.322. The quantitative estimate of drug-likeness (QED) is 0.196. The monoisotopic (exact) mass is 559 g/mol. The number of hydrogen-bond acceptors (Lipinski definition) is 5. The van der Waals surface area contributed by atoms with Gasteiger partial charge in [-0.2, -0.15) is 5.10 Å². The first-order valence-corrected chi connectivity index (χ1v) is 14.4. The molecule has 1 aliphatic carbocycles. The van der Waals surface area contributed by atoms with Crippen molar-refractivity contribution in [2.75, 3.05) is 5.32 Å². The zero-order valence-corrected chi connectivity index (χ0v) is 23.8. The lowest BCUT2D eigenvalue weighted by Gasteiger charge is -2.22. The van der Waals surface area contributed by atoms with Gasteiger partial charge in [-0.3, -0.25) is 15.1 Å². The van der Waals surface area contributed by atoms with Crippen LogP contribution in [0.1, 0.15) is 51.0 Å². The van der Waals surface area contributed by atoms with Crippen molar-refractivity contribution < 1.29 is 4.39 Å². The highest BCUT2D eigenvalue weighted by Gasteiger charge is 2.16. The number of aromatic amines is 2. The number of nitrogens with one attached hydrogen (secondary N) is 3. The van der Waals surface area contributed by atoms with E-state index in [-0.39, 0.29) is 5.82 Å². The van der Waals surface area contributed by atoms with Gasteiger partial charge in [0.2, 0.25) is 0 Å². The first-order valence-electron chi connectivity index (χ1n) is 14.4. The number of imidazole rings is 1. The maximum absolute atomic E-state index is 13.9. The van der Waals surface area contributed by atoms with Crippen LogP contribution in [0, 0.1) is 11.7 Å². The van der Waals surface area contributed by atoms with E-state index in [1.807, 2.05) is 43.6 Å². The molecule has 8 heteroatoms. The molecule has 0 saturated heterocycles. The molecule has 0 unspecified atom stereocenters. The number of H-pyrrole nitrogens is 2. The van der Waals surface area contributed by atoms with Gasteiger partial charge in [0.25, 0.3) is 0 Å². The second-order valence-electron chi connectivity index (χ2n) is 11.0. The molecular weight excluding hydrogens is 525 g/mol. The van der Waals surface area contributed by atoms with Crippen molar-refractivity contribution in [3.63, 3.8) is 0 Å². The van der Waals surface area contributed by atoms with Gasteiger partial charge in [0.15, 0.2) is 5.82 Å². The molecule has 1 aromatic carbocycles. The van der Waals surface area contributed by atoms with E-state index in [1.54, 1.807) is 12.3 Å². The third-order valence-corrected chi connectivity index (χ3v) is 7.90. The molecular formula is C34H34FN7. The van der Waals surface area contributed by atoms with Gasteiger partial charge in [-0.25, -0.2) is 9.37 Å². The van der Waals surface area contributed by atoms with Gasteiger partial charge in [0.05, 0.1) is 28.4 Å². The summed E-state index contributed by atoms with van der Waals surface area (Å²) in [5, 5.41) is 12.5. The number of pyridine rings is 2. The molecule has 7 nitrogen and oxygen atoms in total. The van der Waals surface area contributed by atoms with Crippen molar-refractivity contribution in [3.8, 4) is 22.8 Å². The first kappa shape index (κ1) is 27.3. The van der Waals surface area contributed by atoms with E-state index < -0.39 is 0 Å². The fourth-order valence-electron chi connectivity index (χ4n) is 5.63. The van der Waals surface area contributed by atoms with Crippen molar-refractivity contribution in [1.82, 2.24) is 30.1 Å². The van der Waals surface area contributed by atoms with Gasteiger partial charge < -0.3 is 10.3 Å². The van der Waals surface area contributed by atoms with Crippen LogP contribution in [0.25, 0.3) is 52.0 Å². The molecule has 4 aromatic heterocycles. The lowest BCUT2D eigenvalue weighted by molar-refractivity contribution is 0.357. The molecule has 0 radical (unpaired) electrons. The highest BCUT2D eigenvalue weighted by molar-refractivity contribution is 5.91. The maximum atomic E-state index is 13.9. The average molecular weight is 560 g/mol. The summed E-state index contributed by atoms with van der Waals surface area (Å²) in [6.07, 6.45) is 17.0. The van der Waals surface area contributed by atoms with Crippen LogP contribution >= 0.6 is 0 Å². The van der Waals surface area contributed by atoms with Crippen LogP contribution in [0.3, 0.4) is 0 Å². The zero-order chi connectivity index (χ0) is 29.1. The molecule has 0 spiro atoms. The fraction of sp³-hybridized carbons (Fsp3) is 0.235. The Labute approximate surface area is 244 Å². The van der Waals surface area contributed by atoms with Crippen LogP contribution in [-0.4, -0.2) is 30.1 Å². The SMILES string of the molecule is C=C(CC1CCCCC1)Nc1cncc(/C(C)=C/C=c2/[nH]nc(-c3nc4c(-c5cccc(F)c5)nccc4[nH]3)c2=C)c1. The number of fused-ring (bicyclic) bond motifs is 1. The van der Waals surface area contributed by atoms with Crippen molar-refractivity contribution in [2.24, 2.45) is 5.92 Å². The summed E-state index contributed by atoms with van der Waals surface area (Å²) < 4.78 is 13.9. The summed E-state index contributed by atoms with van der Waals surface area (Å²) in [5.41, 5.74) is 7.35. The Kier molecular flexibility index (Phi) is 7.77. The fourth-order valence-corrected chi connectivity index (χ4v) is 5.63. The molecule has 4 heterocycles. The number of aromatic nitrogens is 6. The van der Waals surface area contributed by atoms with Crippen molar-refractivity contribution >= 4 is 34.9 Å². The van der Waals surface area contributed by atoms with E-state index in [2.05, 4.69) is 49.7 Å². The van der Waals surface area contributed by atoms with Crippen molar-refractivity contribution in [2.45, 2.75) is 45.4 Å². The normalized spacial score (nSPS) is 14.9. The van der Waals surface area contributed by atoms with Gasteiger partial charge in [-0.05, 0) is 60.7 Å². The highest BCUT2D eigenvalue weighted by Crippen LogP contribution is 2.29. The van der Waals surface area contributed by atoms with Crippen LogP contribution < -0.4 is 15.9 Å². The second kappa shape index (κ2) is 11.9. The summed E-state index contributed by atoms with van der Waals surface area (Å²) in [6.45, 7) is 10.6. The topological polar surface area (TPSA) is 95.2 Å². The van der Waals surface area contributed by atoms with Gasteiger partial charge in [-0.1, -0.05) is 63.5 Å². The third-order valence-electron chi connectivity index (χ3n) is 7.90. The minimum Gasteiger partial charge on any atom is -0.358 e. The molecule has 3 N–H and O–H groups in total. The van der Waals surface area contributed by atoms with Crippen molar-refractivity contribution in [3.05, 3.63) is 95.3 Å². The molecule has 1 saturated carbocycles. The predicted molar refractivity (Wildman–Crippen MR) is 168 cm³/mol. The molecule has 1 aliphatic rings. The lowest BCUT2D eigenvalue weighted by atomic mass is 9.86. The number of benzene rings is 1. The largest absolute Gasteiger partial charge is 0.358 e. The number of allylic oxidation sites excluding steroid dienone is 3. The summed E-state index contributed by atoms with van der Waals surface area (Å²) in [6, 6.07) is 10.3. The maximum Gasteiger partial charge on any atom is 0.159 e. The van der Waals surface area contributed by atoms with Gasteiger partial charge in [-0.15, -0.1) is 0 Å². The van der Waals surface area contributed by atoms with E-state index in [1.165, 1.54) is 44.2 Å². The second-order valence-corrected chi connectivity index (χ2v) is 11.0. The minimum atomic E-state index is -0.322. The van der Waals surface area contributed by atoms with E-state index in [0.29, 0.717) is 33.5 Å². The van der Waals surface area contributed by atoms with E-state index >= 15 is 0 Å². The molecule has 0 amide bonds. The Morgan fingerprint density at radius 1 is 1.12 bits per heavy atom. The Bertz CT molecular complexity index is 1890. The predicted octanol–water partition coefficient (Wildman–Crippen LogP) is 6.74. The molecule has 0 aliphatic heterocycles. The number of halogens is 1. The number of rotatable bonds is 8.